The molecule has 0 aromatic rings. The van der Waals surface area contributed by atoms with E-state index in [1.54, 1.807) is 6.92 Å². The minimum atomic E-state index is -0.664. The number of carbonyl (C=O) groups excluding carboxylic acids is 1. The Bertz CT molecular complexity index is 186. The largest absolute Gasteiger partial charge is 0.464 e. The van der Waals surface area contributed by atoms with Gasteiger partial charge in [-0.25, -0.2) is 4.79 Å². The van der Waals surface area contributed by atoms with E-state index in [9.17, 15) is 4.79 Å². The molecule has 0 aromatic heterocycles. The van der Waals surface area contributed by atoms with Crippen LogP contribution < -0.4 is 0 Å². The van der Waals surface area contributed by atoms with Crippen molar-refractivity contribution in [3.63, 3.8) is 0 Å². The molecule has 70 valence electrons. The summed E-state index contributed by atoms with van der Waals surface area (Å²) in [7, 11) is 0. The molecule has 0 bridgehead atoms. The molecular weight excluding hydrogens is 156 g/mol. The Balaban J connectivity index is 2.67. The molecule has 3 nitrogen and oxygen atoms in total. The van der Waals surface area contributed by atoms with Gasteiger partial charge in [0.1, 0.15) is 0 Å². The fourth-order valence-electron chi connectivity index (χ4n) is 1.18. The van der Waals surface area contributed by atoms with Crippen molar-refractivity contribution in [2.45, 2.75) is 33.3 Å². The zero-order valence-corrected chi connectivity index (χ0v) is 8.14. The molecule has 0 amide bonds. The first-order chi connectivity index (χ1) is 5.44. The minimum Gasteiger partial charge on any atom is -0.464 e. The molecule has 0 aliphatic carbocycles. The maximum atomic E-state index is 11.4. The summed E-state index contributed by atoms with van der Waals surface area (Å²) >= 11 is 0. The van der Waals surface area contributed by atoms with Crippen molar-refractivity contribution in [3.8, 4) is 0 Å². The van der Waals surface area contributed by atoms with Gasteiger partial charge in [-0.3, -0.25) is 0 Å². The Morgan fingerprint density at radius 1 is 1.58 bits per heavy atom. The van der Waals surface area contributed by atoms with E-state index in [1.165, 1.54) is 0 Å². The summed E-state index contributed by atoms with van der Waals surface area (Å²) in [6.45, 7) is 8.66. The summed E-state index contributed by atoms with van der Waals surface area (Å²) in [5, 5.41) is 0. The van der Waals surface area contributed by atoms with Crippen molar-refractivity contribution >= 4 is 5.97 Å². The highest BCUT2D eigenvalue weighted by Gasteiger charge is 2.61. The first-order valence-corrected chi connectivity index (χ1v) is 4.25. The molecule has 3 heteroatoms. The van der Waals surface area contributed by atoms with Crippen molar-refractivity contribution in [1.82, 2.24) is 0 Å². The van der Waals surface area contributed by atoms with Gasteiger partial charge < -0.3 is 9.47 Å². The summed E-state index contributed by atoms with van der Waals surface area (Å²) in [5.74, 6) is -0.225. The van der Waals surface area contributed by atoms with Crippen LogP contribution in [0.15, 0.2) is 0 Å². The topological polar surface area (TPSA) is 38.8 Å². The normalized spacial score (nSPS) is 28.3. The van der Waals surface area contributed by atoms with Crippen molar-refractivity contribution in [3.05, 3.63) is 0 Å². The van der Waals surface area contributed by atoms with Crippen LogP contribution in [0.2, 0.25) is 0 Å². The Kier molecular flexibility index (Phi) is 2.17. The number of hydrogen-bond donors (Lipinski definition) is 0. The lowest BCUT2D eigenvalue weighted by atomic mass is 9.81. The number of hydrogen-bond acceptors (Lipinski definition) is 3. The predicted molar refractivity (Wildman–Crippen MR) is 44.8 cm³/mol. The standard InChI is InChI=1S/C9H16O3/c1-5-11-7(10)9(6-12-9)8(2,3)4/h5-6H2,1-4H3. The van der Waals surface area contributed by atoms with E-state index in [-0.39, 0.29) is 11.4 Å². The average Bonchev–Trinajstić information content (AvgIpc) is 2.63. The van der Waals surface area contributed by atoms with Crippen molar-refractivity contribution in [1.29, 1.82) is 0 Å². The smallest absolute Gasteiger partial charge is 0.341 e. The lowest BCUT2D eigenvalue weighted by molar-refractivity contribution is -0.153. The number of ether oxygens (including phenoxy) is 2. The van der Waals surface area contributed by atoms with E-state index in [0.29, 0.717) is 13.2 Å². The number of carbonyl (C=O) groups is 1. The van der Waals surface area contributed by atoms with Gasteiger partial charge >= 0.3 is 5.97 Å². The molecule has 1 atom stereocenters. The molecule has 0 radical (unpaired) electrons. The lowest BCUT2D eigenvalue weighted by Crippen LogP contribution is -2.39. The fraction of sp³-hybridized carbons (Fsp3) is 0.889. The molecule has 0 aromatic carbocycles. The minimum absolute atomic E-state index is 0.167. The monoisotopic (exact) mass is 172 g/mol. The molecule has 1 unspecified atom stereocenters. The number of esters is 1. The zero-order valence-electron chi connectivity index (χ0n) is 8.14. The van der Waals surface area contributed by atoms with E-state index in [1.807, 2.05) is 20.8 Å². The quantitative estimate of drug-likeness (QED) is 0.466. The third-order valence-electron chi connectivity index (χ3n) is 2.25. The second-order valence-electron chi connectivity index (χ2n) is 4.09. The van der Waals surface area contributed by atoms with E-state index >= 15 is 0 Å². The van der Waals surface area contributed by atoms with Crippen LogP contribution in [0.3, 0.4) is 0 Å². The summed E-state index contributed by atoms with van der Waals surface area (Å²) in [6.07, 6.45) is 0. The van der Waals surface area contributed by atoms with Crippen LogP contribution in [0.5, 0.6) is 0 Å². The summed E-state index contributed by atoms with van der Waals surface area (Å²) in [5.41, 5.74) is -0.831. The zero-order chi connectivity index (χ0) is 9.41. The third-order valence-corrected chi connectivity index (χ3v) is 2.25. The number of epoxide rings is 1. The van der Waals surface area contributed by atoms with E-state index in [2.05, 4.69) is 0 Å². The maximum absolute atomic E-state index is 11.4. The highest BCUT2D eigenvalue weighted by Crippen LogP contribution is 2.44. The molecule has 0 N–H and O–H groups in total. The molecule has 0 saturated carbocycles. The Morgan fingerprint density at radius 2 is 2.08 bits per heavy atom. The molecule has 1 aliphatic rings. The maximum Gasteiger partial charge on any atom is 0.341 e. The van der Waals surface area contributed by atoms with Gasteiger partial charge in [0.25, 0.3) is 0 Å². The van der Waals surface area contributed by atoms with E-state index in [0.717, 1.165) is 0 Å². The van der Waals surface area contributed by atoms with Crippen LogP contribution in [-0.4, -0.2) is 24.8 Å². The summed E-state index contributed by atoms with van der Waals surface area (Å²) < 4.78 is 10.1. The van der Waals surface area contributed by atoms with Crippen LogP contribution in [-0.2, 0) is 14.3 Å². The highest BCUT2D eigenvalue weighted by atomic mass is 16.6. The van der Waals surface area contributed by atoms with Crippen LogP contribution in [0.4, 0.5) is 0 Å². The molecule has 12 heavy (non-hydrogen) atoms. The van der Waals surface area contributed by atoms with Crippen LogP contribution in [0, 0.1) is 5.41 Å². The Labute approximate surface area is 73.0 Å². The van der Waals surface area contributed by atoms with Gasteiger partial charge in [-0.2, -0.15) is 0 Å². The second-order valence-corrected chi connectivity index (χ2v) is 4.09. The van der Waals surface area contributed by atoms with Gasteiger partial charge in [0.2, 0.25) is 0 Å². The third kappa shape index (κ3) is 1.33. The van der Waals surface area contributed by atoms with Gasteiger partial charge in [0.15, 0.2) is 5.60 Å². The van der Waals surface area contributed by atoms with Crippen molar-refractivity contribution in [2.75, 3.05) is 13.2 Å². The second kappa shape index (κ2) is 2.73. The van der Waals surface area contributed by atoms with Crippen molar-refractivity contribution < 1.29 is 14.3 Å². The van der Waals surface area contributed by atoms with Crippen LogP contribution in [0.1, 0.15) is 27.7 Å². The first kappa shape index (κ1) is 9.52. The first-order valence-electron chi connectivity index (χ1n) is 4.25. The lowest BCUT2D eigenvalue weighted by Gasteiger charge is -2.24. The summed E-state index contributed by atoms with van der Waals surface area (Å²) in [6, 6.07) is 0. The molecule has 1 rings (SSSR count). The molecule has 1 aliphatic heterocycles. The fourth-order valence-corrected chi connectivity index (χ4v) is 1.18. The van der Waals surface area contributed by atoms with Crippen LogP contribution >= 0.6 is 0 Å². The van der Waals surface area contributed by atoms with Gasteiger partial charge in [-0.15, -0.1) is 0 Å². The van der Waals surface area contributed by atoms with E-state index < -0.39 is 5.60 Å². The van der Waals surface area contributed by atoms with Gasteiger partial charge in [-0.1, -0.05) is 20.8 Å². The SMILES string of the molecule is CCOC(=O)C1(C(C)(C)C)CO1. The van der Waals surface area contributed by atoms with Gasteiger partial charge in [0, 0.05) is 5.41 Å². The van der Waals surface area contributed by atoms with E-state index in [4.69, 9.17) is 9.47 Å². The Morgan fingerprint density at radius 3 is 2.33 bits per heavy atom. The molecule has 0 spiro atoms. The van der Waals surface area contributed by atoms with Gasteiger partial charge in [-0.05, 0) is 6.92 Å². The number of rotatable bonds is 2. The molecular formula is C9H16O3. The molecule has 1 heterocycles. The van der Waals surface area contributed by atoms with Crippen LogP contribution in [0.25, 0.3) is 0 Å². The highest BCUT2D eigenvalue weighted by molar-refractivity contribution is 5.83. The molecule has 1 fully saturated rings. The predicted octanol–water partition coefficient (Wildman–Crippen LogP) is 1.36. The van der Waals surface area contributed by atoms with Crippen molar-refractivity contribution in [2.24, 2.45) is 5.41 Å². The average molecular weight is 172 g/mol. The molecule has 1 saturated heterocycles. The van der Waals surface area contributed by atoms with Gasteiger partial charge in [0.05, 0.1) is 13.2 Å². The summed E-state index contributed by atoms with van der Waals surface area (Å²) in [4.78, 5) is 11.4. The Hall–Kier alpha value is -0.570.